The predicted molar refractivity (Wildman–Crippen MR) is 134 cm³/mol. The van der Waals surface area contributed by atoms with Crippen molar-refractivity contribution in [3.05, 3.63) is 73.1 Å². The van der Waals surface area contributed by atoms with Gasteiger partial charge in [0.2, 0.25) is 0 Å². The number of ether oxygens (including phenoxy) is 1. The standard InChI is InChI=1S/C27H29N7O/c1-19-5-3-4-6-25(19)33-17-22(14-30-33)27-26-11-12-28-34(26)18-24(31-27)21-13-29-32(16-21)15-20-7-9-23(35-2)10-8-20/h7-14,16-19,25H,3-6,15H2,1-2H3/t19-,25-/m1/s1. The van der Waals surface area contributed by atoms with Crippen molar-refractivity contribution in [3.8, 4) is 28.3 Å². The molecule has 1 saturated carbocycles. The van der Waals surface area contributed by atoms with E-state index < -0.39 is 0 Å². The summed E-state index contributed by atoms with van der Waals surface area (Å²) in [6, 6.07) is 10.5. The van der Waals surface area contributed by atoms with E-state index in [4.69, 9.17) is 14.8 Å². The van der Waals surface area contributed by atoms with E-state index in [1.165, 1.54) is 25.7 Å². The summed E-state index contributed by atoms with van der Waals surface area (Å²) < 4.78 is 11.2. The quantitative estimate of drug-likeness (QED) is 0.340. The van der Waals surface area contributed by atoms with E-state index in [0.29, 0.717) is 18.5 Å². The van der Waals surface area contributed by atoms with Crippen LogP contribution < -0.4 is 4.74 Å². The van der Waals surface area contributed by atoms with Gasteiger partial charge in [0.15, 0.2) is 0 Å². The largest absolute Gasteiger partial charge is 0.497 e. The molecule has 35 heavy (non-hydrogen) atoms. The van der Waals surface area contributed by atoms with Crippen LogP contribution in [0.15, 0.2) is 67.5 Å². The molecule has 1 aliphatic rings. The van der Waals surface area contributed by atoms with Crippen LogP contribution in [0.1, 0.15) is 44.2 Å². The molecule has 1 aliphatic carbocycles. The molecule has 0 radical (unpaired) electrons. The van der Waals surface area contributed by atoms with Gasteiger partial charge in [0, 0.05) is 23.5 Å². The Balaban J connectivity index is 1.31. The van der Waals surface area contributed by atoms with Crippen molar-refractivity contribution in [2.75, 3.05) is 7.11 Å². The second-order valence-corrected chi connectivity index (χ2v) is 9.45. The summed E-state index contributed by atoms with van der Waals surface area (Å²) in [6.45, 7) is 3.01. The van der Waals surface area contributed by atoms with Crippen LogP contribution in [0.3, 0.4) is 0 Å². The van der Waals surface area contributed by atoms with Gasteiger partial charge >= 0.3 is 0 Å². The van der Waals surface area contributed by atoms with Crippen molar-refractivity contribution in [2.24, 2.45) is 5.92 Å². The number of hydrogen-bond donors (Lipinski definition) is 0. The van der Waals surface area contributed by atoms with Crippen LogP contribution in [0, 0.1) is 5.92 Å². The second kappa shape index (κ2) is 9.02. The Morgan fingerprint density at radius 1 is 0.914 bits per heavy atom. The summed E-state index contributed by atoms with van der Waals surface area (Å²) in [7, 11) is 1.67. The second-order valence-electron chi connectivity index (χ2n) is 9.45. The van der Waals surface area contributed by atoms with E-state index >= 15 is 0 Å². The fraction of sp³-hybridized carbons (Fsp3) is 0.333. The van der Waals surface area contributed by atoms with E-state index in [2.05, 4.69) is 40.1 Å². The monoisotopic (exact) mass is 467 g/mol. The molecule has 0 saturated heterocycles. The SMILES string of the molecule is COc1ccc(Cn2cc(-c3cn4nccc4c(-c4cnn([C@@H]5CCCC[C@H]5C)c4)n3)cn2)cc1. The topological polar surface area (TPSA) is 75.1 Å². The lowest BCUT2D eigenvalue weighted by Crippen LogP contribution is -2.21. The third kappa shape index (κ3) is 4.20. The minimum absolute atomic E-state index is 0.456. The Hall–Kier alpha value is -3.94. The first kappa shape index (κ1) is 21.6. The summed E-state index contributed by atoms with van der Waals surface area (Å²) in [6.07, 6.45) is 16.8. The highest BCUT2D eigenvalue weighted by atomic mass is 16.5. The number of hydrogen-bond acceptors (Lipinski definition) is 5. The zero-order chi connectivity index (χ0) is 23.8. The van der Waals surface area contributed by atoms with Gasteiger partial charge in [-0.2, -0.15) is 15.3 Å². The third-order valence-electron chi connectivity index (χ3n) is 7.10. The molecule has 1 fully saturated rings. The molecule has 0 amide bonds. The average Bonchev–Trinajstić information content (AvgIpc) is 3.65. The van der Waals surface area contributed by atoms with Gasteiger partial charge in [-0.05, 0) is 42.5 Å². The molecule has 0 unspecified atom stereocenters. The zero-order valence-corrected chi connectivity index (χ0v) is 20.1. The van der Waals surface area contributed by atoms with Gasteiger partial charge < -0.3 is 4.74 Å². The predicted octanol–water partition coefficient (Wildman–Crippen LogP) is 5.26. The normalized spacial score (nSPS) is 18.2. The molecule has 8 nitrogen and oxygen atoms in total. The molecule has 178 valence electrons. The average molecular weight is 468 g/mol. The molecule has 5 aromatic rings. The number of fused-ring (bicyclic) bond motifs is 1. The van der Waals surface area contributed by atoms with Gasteiger partial charge in [-0.1, -0.05) is 31.9 Å². The first-order valence-corrected chi connectivity index (χ1v) is 12.2. The number of nitrogens with zero attached hydrogens (tertiary/aromatic N) is 7. The Labute approximate surface area is 204 Å². The van der Waals surface area contributed by atoms with E-state index in [1.54, 1.807) is 7.11 Å². The zero-order valence-electron chi connectivity index (χ0n) is 20.1. The molecule has 1 aromatic carbocycles. The molecular weight excluding hydrogens is 438 g/mol. The number of rotatable bonds is 6. The third-order valence-corrected chi connectivity index (χ3v) is 7.10. The maximum Gasteiger partial charge on any atom is 0.118 e. The lowest BCUT2D eigenvalue weighted by Gasteiger charge is -2.28. The first-order chi connectivity index (χ1) is 17.2. The van der Waals surface area contributed by atoms with Gasteiger partial charge in [-0.25, -0.2) is 9.50 Å². The number of benzene rings is 1. The van der Waals surface area contributed by atoms with E-state index in [0.717, 1.165) is 39.3 Å². The summed E-state index contributed by atoms with van der Waals surface area (Å²) in [5.41, 5.74) is 5.80. The molecule has 0 bridgehead atoms. The highest BCUT2D eigenvalue weighted by Gasteiger charge is 2.24. The molecule has 0 spiro atoms. The van der Waals surface area contributed by atoms with Gasteiger partial charge in [0.05, 0.1) is 61.4 Å². The van der Waals surface area contributed by atoms with E-state index in [-0.39, 0.29) is 0 Å². The fourth-order valence-corrected chi connectivity index (χ4v) is 5.11. The first-order valence-electron chi connectivity index (χ1n) is 12.2. The van der Waals surface area contributed by atoms with E-state index in [1.807, 2.05) is 58.4 Å². The molecule has 6 rings (SSSR count). The highest BCUT2D eigenvalue weighted by Crippen LogP contribution is 2.34. The Bertz CT molecular complexity index is 1450. The van der Waals surface area contributed by atoms with Crippen LogP contribution >= 0.6 is 0 Å². The molecule has 0 aliphatic heterocycles. The van der Waals surface area contributed by atoms with E-state index in [9.17, 15) is 0 Å². The summed E-state index contributed by atoms with van der Waals surface area (Å²) in [4.78, 5) is 5.05. The highest BCUT2D eigenvalue weighted by molar-refractivity contribution is 5.78. The van der Waals surface area contributed by atoms with Crippen LogP contribution in [-0.2, 0) is 6.54 Å². The minimum Gasteiger partial charge on any atom is -0.497 e. The smallest absolute Gasteiger partial charge is 0.118 e. The molecule has 8 heteroatoms. The Morgan fingerprint density at radius 2 is 1.74 bits per heavy atom. The maximum absolute atomic E-state index is 5.25. The Morgan fingerprint density at radius 3 is 2.57 bits per heavy atom. The van der Waals surface area contributed by atoms with Crippen LogP contribution in [0.4, 0.5) is 0 Å². The minimum atomic E-state index is 0.456. The molecule has 0 N–H and O–H groups in total. The van der Waals surface area contributed by atoms with Crippen LogP contribution in [0.2, 0.25) is 0 Å². The molecule has 4 aromatic heterocycles. The van der Waals surface area contributed by atoms with Crippen LogP contribution in [0.5, 0.6) is 5.75 Å². The lowest BCUT2D eigenvalue weighted by atomic mass is 9.86. The van der Waals surface area contributed by atoms with Crippen molar-refractivity contribution >= 4 is 5.52 Å². The summed E-state index contributed by atoms with van der Waals surface area (Å²) >= 11 is 0. The number of methoxy groups -OCH3 is 1. The van der Waals surface area contributed by atoms with Crippen molar-refractivity contribution in [2.45, 2.75) is 45.2 Å². The van der Waals surface area contributed by atoms with Gasteiger partial charge in [-0.15, -0.1) is 0 Å². The molecule has 4 heterocycles. The van der Waals surface area contributed by atoms with Crippen molar-refractivity contribution in [3.63, 3.8) is 0 Å². The maximum atomic E-state index is 5.25. The lowest BCUT2D eigenvalue weighted by molar-refractivity contribution is 0.240. The van der Waals surface area contributed by atoms with Gasteiger partial charge in [-0.3, -0.25) is 9.36 Å². The van der Waals surface area contributed by atoms with Gasteiger partial charge in [0.1, 0.15) is 5.75 Å². The van der Waals surface area contributed by atoms with Gasteiger partial charge in [0.25, 0.3) is 0 Å². The van der Waals surface area contributed by atoms with Crippen LogP contribution in [-0.4, -0.2) is 41.3 Å². The molecule has 2 atom stereocenters. The summed E-state index contributed by atoms with van der Waals surface area (Å²) in [5.74, 6) is 1.49. The molecular formula is C27H29N7O. The summed E-state index contributed by atoms with van der Waals surface area (Å²) in [5, 5.41) is 13.8. The fourth-order valence-electron chi connectivity index (χ4n) is 5.11. The van der Waals surface area contributed by atoms with Crippen LogP contribution in [0.25, 0.3) is 28.0 Å². The van der Waals surface area contributed by atoms with Crippen molar-refractivity contribution in [1.82, 2.24) is 34.2 Å². The van der Waals surface area contributed by atoms with Crippen molar-refractivity contribution in [1.29, 1.82) is 0 Å². The Kier molecular flexibility index (Phi) is 5.56. The number of aromatic nitrogens is 7. The van der Waals surface area contributed by atoms with Crippen molar-refractivity contribution < 1.29 is 4.74 Å².